The fourth-order valence-corrected chi connectivity index (χ4v) is 3.25. The third kappa shape index (κ3) is 4.49. The maximum Gasteiger partial charge on any atom is 0.260 e. The van der Waals surface area contributed by atoms with Crippen molar-refractivity contribution >= 4 is 16.7 Å². The molecule has 1 heterocycles. The summed E-state index contributed by atoms with van der Waals surface area (Å²) < 4.78 is 11.1. The summed E-state index contributed by atoms with van der Waals surface area (Å²) in [6.45, 7) is 4.63. The van der Waals surface area contributed by atoms with Crippen LogP contribution in [0.15, 0.2) is 71.3 Å². The minimum atomic E-state index is -0.138. The highest BCUT2D eigenvalue weighted by Gasteiger charge is 2.17. The van der Waals surface area contributed by atoms with E-state index in [0.29, 0.717) is 24.0 Å². The first-order chi connectivity index (χ1) is 14.6. The first-order valence-corrected chi connectivity index (χ1v) is 9.91. The van der Waals surface area contributed by atoms with Crippen LogP contribution in [0.2, 0.25) is 0 Å². The van der Waals surface area contributed by atoms with Gasteiger partial charge >= 0.3 is 0 Å². The van der Waals surface area contributed by atoms with Crippen molar-refractivity contribution in [3.8, 4) is 17.1 Å². The number of amides is 1. The van der Waals surface area contributed by atoms with E-state index in [9.17, 15) is 4.79 Å². The maximum absolute atomic E-state index is 12.6. The van der Waals surface area contributed by atoms with E-state index in [1.807, 2.05) is 80.6 Å². The summed E-state index contributed by atoms with van der Waals surface area (Å²) in [4.78, 5) is 18.7. The van der Waals surface area contributed by atoms with Gasteiger partial charge in [0.25, 0.3) is 5.91 Å². The first-order valence-electron chi connectivity index (χ1n) is 9.91. The van der Waals surface area contributed by atoms with Crippen LogP contribution < -0.4 is 4.74 Å². The Morgan fingerprint density at radius 1 is 1.03 bits per heavy atom. The predicted octanol–water partition coefficient (Wildman–Crippen LogP) is 4.63. The van der Waals surface area contributed by atoms with Crippen molar-refractivity contribution in [1.82, 2.24) is 15.0 Å². The first kappa shape index (κ1) is 19.6. The molecule has 0 bridgehead atoms. The third-order valence-corrected chi connectivity index (χ3v) is 4.89. The van der Waals surface area contributed by atoms with E-state index < -0.39 is 0 Å². The lowest BCUT2D eigenvalue weighted by atomic mass is 10.1. The standard InChI is InChI=1S/C24H23N3O3/c1-3-27(15-22-25-24(26-30-22)20-10-6-7-17(2)13-20)23(28)16-29-21-12-11-18-8-4-5-9-19(18)14-21/h4-14H,3,15-16H2,1-2H3. The lowest BCUT2D eigenvalue weighted by Gasteiger charge is -2.19. The molecule has 1 amide bonds. The summed E-state index contributed by atoms with van der Waals surface area (Å²) in [6, 6.07) is 21.7. The van der Waals surface area contributed by atoms with Gasteiger partial charge in [0, 0.05) is 12.1 Å². The highest BCUT2D eigenvalue weighted by atomic mass is 16.5. The molecule has 30 heavy (non-hydrogen) atoms. The number of nitrogens with zero attached hydrogens (tertiary/aromatic N) is 3. The Morgan fingerprint density at radius 2 is 1.87 bits per heavy atom. The number of likely N-dealkylation sites (N-methyl/N-ethyl adjacent to an activating group) is 1. The Balaban J connectivity index is 1.39. The quantitative estimate of drug-likeness (QED) is 0.452. The molecule has 6 heteroatoms. The Labute approximate surface area is 175 Å². The van der Waals surface area contributed by atoms with Gasteiger partial charge in [0.15, 0.2) is 6.61 Å². The van der Waals surface area contributed by atoms with Crippen LogP contribution in [-0.4, -0.2) is 34.1 Å². The van der Waals surface area contributed by atoms with Crippen LogP contribution in [0.25, 0.3) is 22.2 Å². The number of carbonyl (C=O) groups is 1. The number of fused-ring (bicyclic) bond motifs is 1. The zero-order chi connectivity index (χ0) is 20.9. The largest absolute Gasteiger partial charge is 0.484 e. The number of aromatic nitrogens is 2. The average Bonchev–Trinajstić information content (AvgIpc) is 3.24. The van der Waals surface area contributed by atoms with Crippen molar-refractivity contribution in [2.75, 3.05) is 13.2 Å². The van der Waals surface area contributed by atoms with Gasteiger partial charge in [0.05, 0.1) is 0 Å². The average molecular weight is 401 g/mol. The zero-order valence-corrected chi connectivity index (χ0v) is 17.0. The van der Waals surface area contributed by atoms with Gasteiger partial charge in [-0.3, -0.25) is 4.79 Å². The highest BCUT2D eigenvalue weighted by Crippen LogP contribution is 2.21. The molecule has 0 spiro atoms. The van der Waals surface area contributed by atoms with Crippen LogP contribution in [0, 0.1) is 6.92 Å². The second-order valence-electron chi connectivity index (χ2n) is 7.09. The van der Waals surface area contributed by atoms with Gasteiger partial charge in [-0.05, 0) is 42.8 Å². The Kier molecular flexibility index (Phi) is 5.75. The molecule has 3 aromatic carbocycles. The Hall–Kier alpha value is -3.67. The van der Waals surface area contributed by atoms with Crippen LogP contribution in [0.1, 0.15) is 18.4 Å². The lowest BCUT2D eigenvalue weighted by molar-refractivity contribution is -0.134. The van der Waals surface area contributed by atoms with E-state index in [4.69, 9.17) is 9.26 Å². The van der Waals surface area contributed by atoms with Crippen LogP contribution in [0.4, 0.5) is 0 Å². The topological polar surface area (TPSA) is 68.5 Å². The molecule has 0 unspecified atom stereocenters. The summed E-state index contributed by atoms with van der Waals surface area (Å²) >= 11 is 0. The molecule has 4 aromatic rings. The number of ether oxygens (including phenoxy) is 1. The normalized spacial score (nSPS) is 10.9. The molecule has 0 aliphatic carbocycles. The van der Waals surface area contributed by atoms with Crippen LogP contribution in [-0.2, 0) is 11.3 Å². The van der Waals surface area contributed by atoms with E-state index in [-0.39, 0.29) is 19.1 Å². The molecule has 0 fully saturated rings. The van der Waals surface area contributed by atoms with Crippen molar-refractivity contribution in [3.63, 3.8) is 0 Å². The van der Waals surface area contributed by atoms with Gasteiger partial charge in [-0.15, -0.1) is 0 Å². The minimum absolute atomic E-state index is 0.0505. The van der Waals surface area contributed by atoms with Crippen LogP contribution >= 0.6 is 0 Å². The number of aryl methyl sites for hydroxylation is 1. The fourth-order valence-electron chi connectivity index (χ4n) is 3.25. The molecule has 0 aliphatic heterocycles. The fraction of sp³-hybridized carbons (Fsp3) is 0.208. The zero-order valence-electron chi connectivity index (χ0n) is 17.0. The van der Waals surface area contributed by atoms with Crippen LogP contribution in [0.5, 0.6) is 5.75 Å². The third-order valence-electron chi connectivity index (χ3n) is 4.89. The van der Waals surface area contributed by atoms with Crippen molar-refractivity contribution in [2.24, 2.45) is 0 Å². The number of hydrogen-bond donors (Lipinski definition) is 0. The van der Waals surface area contributed by atoms with Crippen molar-refractivity contribution in [1.29, 1.82) is 0 Å². The predicted molar refractivity (Wildman–Crippen MR) is 115 cm³/mol. The van der Waals surface area contributed by atoms with Crippen molar-refractivity contribution in [2.45, 2.75) is 20.4 Å². The van der Waals surface area contributed by atoms with Gasteiger partial charge < -0.3 is 14.2 Å². The number of benzene rings is 3. The second kappa shape index (κ2) is 8.78. The second-order valence-corrected chi connectivity index (χ2v) is 7.09. The monoisotopic (exact) mass is 401 g/mol. The molecule has 0 N–H and O–H groups in total. The molecule has 0 aliphatic rings. The smallest absolute Gasteiger partial charge is 0.260 e. The summed E-state index contributed by atoms with van der Waals surface area (Å²) in [5, 5.41) is 6.25. The molecular formula is C24H23N3O3. The Bertz CT molecular complexity index is 1170. The number of hydrogen-bond acceptors (Lipinski definition) is 5. The van der Waals surface area contributed by atoms with Gasteiger partial charge in [-0.25, -0.2) is 0 Å². The molecule has 6 nitrogen and oxygen atoms in total. The number of carbonyl (C=O) groups excluding carboxylic acids is 1. The molecule has 0 saturated carbocycles. The summed E-state index contributed by atoms with van der Waals surface area (Å²) in [5.41, 5.74) is 2.01. The van der Waals surface area contributed by atoms with Crippen LogP contribution in [0.3, 0.4) is 0 Å². The summed E-state index contributed by atoms with van der Waals surface area (Å²) in [7, 11) is 0. The van der Waals surface area contributed by atoms with E-state index in [2.05, 4.69) is 10.1 Å². The van der Waals surface area contributed by atoms with Gasteiger partial charge in [-0.2, -0.15) is 4.98 Å². The number of rotatable bonds is 7. The summed E-state index contributed by atoms with van der Waals surface area (Å²) in [6.07, 6.45) is 0. The molecular weight excluding hydrogens is 378 g/mol. The molecule has 152 valence electrons. The maximum atomic E-state index is 12.6. The van der Waals surface area contributed by atoms with E-state index in [1.54, 1.807) is 4.90 Å². The molecule has 0 atom stereocenters. The van der Waals surface area contributed by atoms with E-state index in [1.165, 1.54) is 0 Å². The van der Waals surface area contributed by atoms with E-state index in [0.717, 1.165) is 21.9 Å². The minimum Gasteiger partial charge on any atom is -0.484 e. The highest BCUT2D eigenvalue weighted by molar-refractivity contribution is 5.84. The molecule has 1 aromatic heterocycles. The Morgan fingerprint density at radius 3 is 2.67 bits per heavy atom. The molecule has 4 rings (SSSR count). The van der Waals surface area contributed by atoms with Crippen molar-refractivity contribution < 1.29 is 14.1 Å². The van der Waals surface area contributed by atoms with E-state index >= 15 is 0 Å². The molecule has 0 saturated heterocycles. The SMILES string of the molecule is CCN(Cc1nc(-c2cccc(C)c2)no1)C(=O)COc1ccc2ccccc2c1. The van der Waals surface area contributed by atoms with Gasteiger partial charge in [-0.1, -0.05) is 59.3 Å². The van der Waals surface area contributed by atoms with Gasteiger partial charge in [0.2, 0.25) is 11.7 Å². The lowest BCUT2D eigenvalue weighted by Crippen LogP contribution is -2.34. The van der Waals surface area contributed by atoms with Gasteiger partial charge in [0.1, 0.15) is 12.3 Å². The molecule has 0 radical (unpaired) electrons. The summed E-state index contributed by atoms with van der Waals surface area (Å²) in [5.74, 6) is 1.44. The van der Waals surface area contributed by atoms with Crippen molar-refractivity contribution in [3.05, 3.63) is 78.2 Å².